The van der Waals surface area contributed by atoms with Gasteiger partial charge in [-0.05, 0) is 4.57 Å². The Morgan fingerprint density at radius 3 is 2.38 bits per heavy atom. The summed E-state index contributed by atoms with van der Waals surface area (Å²) >= 11 is 0. The Kier molecular flexibility index (Phi) is 3.33. The van der Waals surface area contributed by atoms with Crippen LogP contribution in [0.1, 0.15) is 0 Å². The standard InChI is InChI=1S/C4H5O3P/c1-2-4(3-5)8(6)7/h5H,1,3H2/p+1. The number of rotatable bonds is 2. The van der Waals surface area contributed by atoms with E-state index >= 15 is 0 Å². The van der Waals surface area contributed by atoms with Gasteiger partial charge < -0.3 is 5.11 Å². The van der Waals surface area contributed by atoms with Crippen LogP contribution in [0.25, 0.3) is 0 Å². The molecule has 4 heteroatoms. The van der Waals surface area contributed by atoms with Crippen LogP contribution in [0.5, 0.6) is 0 Å². The Morgan fingerprint density at radius 2 is 2.38 bits per heavy atom. The second kappa shape index (κ2) is 3.53. The molecule has 0 aliphatic carbocycles. The number of aliphatic hydroxyl groups is 1. The molecule has 1 atom stereocenters. The second-order valence-electron chi connectivity index (χ2n) is 1.05. The molecule has 0 bridgehead atoms. The summed E-state index contributed by atoms with van der Waals surface area (Å²) in [6.45, 7) is 2.64. The zero-order chi connectivity index (χ0) is 6.57. The summed E-state index contributed by atoms with van der Waals surface area (Å²) in [5.41, 5.74) is 2.13. The fourth-order valence-corrected chi connectivity index (χ4v) is 0.440. The quantitative estimate of drug-likeness (QED) is 0.423. The highest BCUT2D eigenvalue weighted by Crippen LogP contribution is 2.23. The van der Waals surface area contributed by atoms with Crippen molar-refractivity contribution in [2.45, 2.75) is 0 Å². The molecule has 0 radical (unpaired) electrons. The van der Waals surface area contributed by atoms with Gasteiger partial charge in [-0.2, -0.15) is 4.89 Å². The first-order valence-electron chi connectivity index (χ1n) is 1.88. The van der Waals surface area contributed by atoms with E-state index in [1.165, 1.54) is 0 Å². The number of hydrogen-bond donors (Lipinski definition) is 2. The van der Waals surface area contributed by atoms with Crippen molar-refractivity contribution in [1.82, 2.24) is 0 Å². The fourth-order valence-electron chi connectivity index (χ4n) is 0.184. The molecule has 0 saturated carbocycles. The largest absolute Gasteiger partial charge is 0.552 e. The lowest BCUT2D eigenvalue weighted by Gasteiger charge is -1.73. The lowest BCUT2D eigenvalue weighted by atomic mass is 10.6. The molecule has 0 aromatic rings. The van der Waals surface area contributed by atoms with Crippen molar-refractivity contribution in [1.29, 1.82) is 0 Å². The first kappa shape index (κ1) is 7.54. The van der Waals surface area contributed by atoms with Crippen LogP contribution in [0.4, 0.5) is 0 Å². The molecule has 8 heavy (non-hydrogen) atoms. The van der Waals surface area contributed by atoms with Gasteiger partial charge in [0.05, 0.1) is 0 Å². The van der Waals surface area contributed by atoms with E-state index in [0.29, 0.717) is 0 Å². The Morgan fingerprint density at radius 1 is 1.88 bits per heavy atom. The SMILES string of the molecule is C=C=C(CO)[P+](=O)O. The molecule has 44 valence electrons. The molecule has 0 heterocycles. The third kappa shape index (κ3) is 2.01. The van der Waals surface area contributed by atoms with Gasteiger partial charge in [-0.15, -0.1) is 0 Å². The first-order valence-corrected chi connectivity index (χ1v) is 3.09. The monoisotopic (exact) mass is 133 g/mol. The summed E-state index contributed by atoms with van der Waals surface area (Å²) in [7, 11) is -2.42. The predicted molar refractivity (Wildman–Crippen MR) is 29.6 cm³/mol. The van der Waals surface area contributed by atoms with Crippen molar-refractivity contribution in [2.24, 2.45) is 0 Å². The zero-order valence-electron chi connectivity index (χ0n) is 4.16. The zero-order valence-corrected chi connectivity index (χ0v) is 5.06. The molecule has 0 saturated heterocycles. The third-order valence-electron chi connectivity index (χ3n) is 0.585. The molecule has 0 spiro atoms. The fraction of sp³-hybridized carbons (Fsp3) is 0.250. The van der Waals surface area contributed by atoms with Crippen molar-refractivity contribution >= 4 is 8.03 Å². The van der Waals surface area contributed by atoms with Crippen molar-refractivity contribution in [3.63, 3.8) is 0 Å². The van der Waals surface area contributed by atoms with Crippen LogP contribution >= 0.6 is 8.03 Å². The molecule has 0 aromatic heterocycles. The summed E-state index contributed by atoms with van der Waals surface area (Å²) < 4.78 is 10.0. The molecule has 0 rings (SSSR count). The summed E-state index contributed by atoms with van der Waals surface area (Å²) in [6, 6.07) is 0. The molecule has 0 aromatic carbocycles. The van der Waals surface area contributed by atoms with Crippen molar-refractivity contribution in [3.8, 4) is 0 Å². The van der Waals surface area contributed by atoms with Crippen LogP contribution < -0.4 is 0 Å². The Balaban J connectivity index is 4.14. The van der Waals surface area contributed by atoms with E-state index in [-0.39, 0.29) is 5.31 Å². The van der Waals surface area contributed by atoms with Crippen molar-refractivity contribution in [3.05, 3.63) is 17.6 Å². The van der Waals surface area contributed by atoms with Crippen LogP contribution in [0, 0.1) is 0 Å². The van der Waals surface area contributed by atoms with E-state index in [4.69, 9.17) is 10.00 Å². The van der Waals surface area contributed by atoms with Gasteiger partial charge in [-0.3, -0.25) is 0 Å². The van der Waals surface area contributed by atoms with Gasteiger partial charge in [0.15, 0.2) is 0 Å². The van der Waals surface area contributed by atoms with Crippen LogP contribution in [-0.4, -0.2) is 16.6 Å². The molecular formula is C4H6O3P+. The van der Waals surface area contributed by atoms with E-state index in [1.807, 2.05) is 0 Å². The van der Waals surface area contributed by atoms with E-state index in [9.17, 15) is 4.57 Å². The molecule has 0 aliphatic heterocycles. The molecule has 2 N–H and O–H groups in total. The van der Waals surface area contributed by atoms with Crippen LogP contribution in [0.3, 0.4) is 0 Å². The normalized spacial score (nSPS) is 10.0. The molecule has 0 aliphatic rings. The number of aliphatic hydroxyl groups excluding tert-OH is 1. The van der Waals surface area contributed by atoms with E-state index in [1.54, 1.807) is 0 Å². The molecule has 3 nitrogen and oxygen atoms in total. The van der Waals surface area contributed by atoms with Gasteiger partial charge >= 0.3 is 8.03 Å². The Bertz CT molecular complexity index is 145. The summed E-state index contributed by atoms with van der Waals surface area (Å²) in [5, 5.41) is 8.16. The van der Waals surface area contributed by atoms with Gasteiger partial charge in [0.1, 0.15) is 6.61 Å². The van der Waals surface area contributed by atoms with E-state index in [2.05, 4.69) is 12.3 Å². The van der Waals surface area contributed by atoms with Crippen molar-refractivity contribution in [2.75, 3.05) is 6.61 Å². The van der Waals surface area contributed by atoms with Crippen LogP contribution in [0.15, 0.2) is 17.6 Å². The molecular weight excluding hydrogens is 127 g/mol. The molecule has 0 fully saturated rings. The molecule has 0 amide bonds. The molecule has 1 unspecified atom stereocenters. The first-order chi connectivity index (χ1) is 3.72. The number of hydrogen-bond acceptors (Lipinski definition) is 2. The van der Waals surface area contributed by atoms with Crippen molar-refractivity contribution < 1.29 is 14.6 Å². The maximum absolute atomic E-state index is 10.0. The summed E-state index contributed by atoms with van der Waals surface area (Å²) in [4.78, 5) is 8.22. The van der Waals surface area contributed by atoms with E-state index in [0.717, 1.165) is 0 Å². The Labute approximate surface area is 47.8 Å². The lowest BCUT2D eigenvalue weighted by molar-refractivity contribution is 0.336. The highest BCUT2D eigenvalue weighted by atomic mass is 31.1. The predicted octanol–water partition coefficient (Wildman–Crippen LogP) is 0.382. The average molecular weight is 133 g/mol. The maximum atomic E-state index is 10.0. The highest BCUT2D eigenvalue weighted by molar-refractivity contribution is 7.43. The minimum absolute atomic E-state index is 0.0556. The highest BCUT2D eigenvalue weighted by Gasteiger charge is 2.17. The second-order valence-corrected chi connectivity index (χ2v) is 2.14. The lowest BCUT2D eigenvalue weighted by Crippen LogP contribution is -1.80. The van der Waals surface area contributed by atoms with Crippen LogP contribution in [0.2, 0.25) is 0 Å². The van der Waals surface area contributed by atoms with E-state index < -0.39 is 14.6 Å². The van der Waals surface area contributed by atoms with Gasteiger partial charge in [-0.1, -0.05) is 12.3 Å². The van der Waals surface area contributed by atoms with Gasteiger partial charge in [0.2, 0.25) is 0 Å². The summed E-state index contributed by atoms with van der Waals surface area (Å²) in [5.74, 6) is 0. The third-order valence-corrected chi connectivity index (χ3v) is 1.35. The minimum atomic E-state index is -2.42. The Hall–Kier alpha value is -0.460. The minimum Gasteiger partial charge on any atom is -0.387 e. The smallest absolute Gasteiger partial charge is 0.387 e. The van der Waals surface area contributed by atoms with Gasteiger partial charge in [0, 0.05) is 0 Å². The average Bonchev–Trinajstić information content (AvgIpc) is 1.69. The maximum Gasteiger partial charge on any atom is 0.552 e. The topological polar surface area (TPSA) is 57.5 Å². The van der Waals surface area contributed by atoms with Crippen LogP contribution in [-0.2, 0) is 4.57 Å². The van der Waals surface area contributed by atoms with Gasteiger partial charge in [-0.25, -0.2) is 0 Å². The van der Waals surface area contributed by atoms with Gasteiger partial charge in [0.25, 0.3) is 5.31 Å². The summed E-state index contributed by atoms with van der Waals surface area (Å²) in [6.07, 6.45) is 0.